The zero-order valence-electron chi connectivity index (χ0n) is 6.02. The van der Waals surface area contributed by atoms with E-state index in [4.69, 9.17) is 10.2 Å². The summed E-state index contributed by atoms with van der Waals surface area (Å²) in [6, 6.07) is 1.25. The largest absolute Gasteiger partial charge is 0.427 e. The van der Waals surface area contributed by atoms with Crippen molar-refractivity contribution in [3.63, 3.8) is 0 Å². The van der Waals surface area contributed by atoms with Crippen LogP contribution in [0.4, 0.5) is 0 Å². The fourth-order valence-corrected chi connectivity index (χ4v) is 1.34. The molecule has 0 rings (SSSR count). The summed E-state index contributed by atoms with van der Waals surface area (Å²) >= 11 is 0. The SMILES string of the molecule is CO[SiH2]CCCNCN. The first-order chi connectivity index (χ1) is 4.41. The molecule has 0 heterocycles. The van der Waals surface area contributed by atoms with Crippen molar-refractivity contribution in [1.82, 2.24) is 5.32 Å². The first-order valence-corrected chi connectivity index (χ1v) is 4.89. The molecule has 4 heteroatoms. The van der Waals surface area contributed by atoms with Crippen LogP contribution in [0.3, 0.4) is 0 Å². The molecule has 0 saturated heterocycles. The highest BCUT2D eigenvalue weighted by molar-refractivity contribution is 6.26. The van der Waals surface area contributed by atoms with Gasteiger partial charge in [0.25, 0.3) is 0 Å². The highest BCUT2D eigenvalue weighted by Crippen LogP contribution is 1.84. The minimum absolute atomic E-state index is 0.187. The van der Waals surface area contributed by atoms with Crippen LogP contribution in [-0.2, 0) is 4.43 Å². The Kier molecular flexibility index (Phi) is 8.18. The summed E-state index contributed by atoms with van der Waals surface area (Å²) < 4.78 is 5.00. The zero-order valence-corrected chi connectivity index (χ0v) is 7.44. The van der Waals surface area contributed by atoms with Crippen molar-refractivity contribution in [2.24, 2.45) is 5.73 Å². The zero-order chi connectivity index (χ0) is 6.95. The second-order valence-corrected chi connectivity index (χ2v) is 3.60. The molecule has 0 aromatic rings. The van der Waals surface area contributed by atoms with Gasteiger partial charge in [0.2, 0.25) is 0 Å². The number of nitrogens with one attached hydrogen (secondary N) is 1. The standard InChI is InChI=1S/C5H16N2OSi/c1-8-9-4-2-3-7-5-6/h7H,2-6,9H2,1H3. The van der Waals surface area contributed by atoms with E-state index >= 15 is 0 Å². The Labute approximate surface area is 58.9 Å². The summed E-state index contributed by atoms with van der Waals surface area (Å²) in [5.41, 5.74) is 5.21. The maximum absolute atomic E-state index is 5.21. The Balaban J connectivity index is 2.60. The highest BCUT2D eigenvalue weighted by Gasteiger charge is 1.85. The molecule has 3 N–H and O–H groups in total. The second kappa shape index (κ2) is 8.10. The number of rotatable bonds is 6. The van der Waals surface area contributed by atoms with Gasteiger partial charge in [-0.2, -0.15) is 0 Å². The molecule has 0 aliphatic heterocycles. The van der Waals surface area contributed by atoms with E-state index in [1.54, 1.807) is 7.11 Å². The third kappa shape index (κ3) is 8.10. The normalized spacial score (nSPS) is 11.3. The maximum atomic E-state index is 5.21. The Morgan fingerprint density at radius 1 is 1.67 bits per heavy atom. The van der Waals surface area contributed by atoms with E-state index in [1.165, 1.54) is 12.5 Å². The van der Waals surface area contributed by atoms with Gasteiger partial charge < -0.3 is 15.5 Å². The molecule has 56 valence electrons. The summed E-state index contributed by atoms with van der Waals surface area (Å²) in [5.74, 6) is 0. The lowest BCUT2D eigenvalue weighted by Crippen LogP contribution is -2.23. The summed E-state index contributed by atoms with van der Waals surface area (Å²) in [4.78, 5) is 0. The van der Waals surface area contributed by atoms with Crippen molar-refractivity contribution < 1.29 is 4.43 Å². The van der Waals surface area contributed by atoms with E-state index in [2.05, 4.69) is 5.32 Å². The molecule has 0 aromatic carbocycles. The van der Waals surface area contributed by atoms with Gasteiger partial charge >= 0.3 is 0 Å². The van der Waals surface area contributed by atoms with Crippen LogP contribution in [0.25, 0.3) is 0 Å². The Morgan fingerprint density at radius 3 is 3.00 bits per heavy atom. The van der Waals surface area contributed by atoms with Gasteiger partial charge in [-0.05, 0) is 19.0 Å². The predicted molar refractivity (Wildman–Crippen MR) is 42.0 cm³/mol. The topological polar surface area (TPSA) is 47.3 Å². The molecule has 0 spiro atoms. The van der Waals surface area contributed by atoms with E-state index in [0.29, 0.717) is 6.67 Å². The van der Waals surface area contributed by atoms with Gasteiger partial charge in [-0.3, -0.25) is 0 Å². The summed E-state index contributed by atoms with van der Waals surface area (Å²) in [7, 11) is 1.59. The lowest BCUT2D eigenvalue weighted by atomic mass is 10.5. The third-order valence-corrected chi connectivity index (χ3v) is 2.29. The van der Waals surface area contributed by atoms with Gasteiger partial charge in [0.15, 0.2) is 9.76 Å². The molecule has 0 aromatic heterocycles. The lowest BCUT2D eigenvalue weighted by Gasteiger charge is -1.98. The minimum atomic E-state index is -0.187. The van der Waals surface area contributed by atoms with Crippen LogP contribution in [0.5, 0.6) is 0 Å². The summed E-state index contributed by atoms with van der Waals surface area (Å²) in [5, 5.41) is 3.05. The molecule has 0 radical (unpaired) electrons. The van der Waals surface area contributed by atoms with Crippen LogP contribution < -0.4 is 11.1 Å². The van der Waals surface area contributed by atoms with E-state index in [0.717, 1.165) is 6.54 Å². The van der Waals surface area contributed by atoms with Gasteiger partial charge in [0.1, 0.15) is 0 Å². The van der Waals surface area contributed by atoms with Crippen LogP contribution in [-0.4, -0.2) is 30.1 Å². The minimum Gasteiger partial charge on any atom is -0.427 e. The molecule has 0 unspecified atom stereocenters. The van der Waals surface area contributed by atoms with Gasteiger partial charge in [0, 0.05) is 13.8 Å². The van der Waals surface area contributed by atoms with E-state index in [1.807, 2.05) is 0 Å². The molecule has 0 amide bonds. The molecular weight excluding hydrogens is 132 g/mol. The molecule has 0 aliphatic carbocycles. The quantitative estimate of drug-likeness (QED) is 0.289. The Morgan fingerprint density at radius 2 is 2.44 bits per heavy atom. The van der Waals surface area contributed by atoms with Crippen LogP contribution in [0, 0.1) is 0 Å². The third-order valence-electron chi connectivity index (χ3n) is 1.10. The molecule has 0 atom stereocenters. The lowest BCUT2D eigenvalue weighted by molar-refractivity contribution is 0.439. The van der Waals surface area contributed by atoms with Crippen molar-refractivity contribution >= 4 is 9.76 Å². The van der Waals surface area contributed by atoms with Gasteiger partial charge in [-0.1, -0.05) is 0 Å². The van der Waals surface area contributed by atoms with Gasteiger partial charge in [-0.25, -0.2) is 0 Å². The second-order valence-electron chi connectivity index (χ2n) is 1.90. The van der Waals surface area contributed by atoms with E-state index in [-0.39, 0.29) is 9.76 Å². The number of hydrogen-bond acceptors (Lipinski definition) is 3. The van der Waals surface area contributed by atoms with Gasteiger partial charge in [0.05, 0.1) is 0 Å². The van der Waals surface area contributed by atoms with Crippen molar-refractivity contribution in [3.8, 4) is 0 Å². The smallest absolute Gasteiger partial charge is 0.161 e. The van der Waals surface area contributed by atoms with Crippen molar-refractivity contribution in [1.29, 1.82) is 0 Å². The van der Waals surface area contributed by atoms with Gasteiger partial charge in [-0.15, -0.1) is 0 Å². The Bertz CT molecular complexity index is 48.2. The van der Waals surface area contributed by atoms with Crippen molar-refractivity contribution in [3.05, 3.63) is 0 Å². The van der Waals surface area contributed by atoms with Crippen molar-refractivity contribution in [2.45, 2.75) is 12.5 Å². The number of hydrogen-bond donors (Lipinski definition) is 2. The van der Waals surface area contributed by atoms with Crippen molar-refractivity contribution in [2.75, 3.05) is 20.3 Å². The molecule has 0 saturated carbocycles. The monoisotopic (exact) mass is 148 g/mol. The summed E-state index contributed by atoms with van der Waals surface area (Å²) in [6.07, 6.45) is 1.21. The molecule has 9 heavy (non-hydrogen) atoms. The average Bonchev–Trinajstić information content (AvgIpc) is 1.89. The van der Waals surface area contributed by atoms with E-state index < -0.39 is 0 Å². The van der Waals surface area contributed by atoms with E-state index in [9.17, 15) is 0 Å². The first-order valence-electron chi connectivity index (χ1n) is 3.31. The summed E-state index contributed by atoms with van der Waals surface area (Å²) in [6.45, 7) is 1.63. The van der Waals surface area contributed by atoms with Crippen LogP contribution in [0.15, 0.2) is 0 Å². The first kappa shape index (κ1) is 9.10. The predicted octanol–water partition coefficient (Wildman–Crippen LogP) is -0.969. The molecular formula is C5H16N2OSi. The van der Waals surface area contributed by atoms with Crippen LogP contribution in [0.2, 0.25) is 6.04 Å². The van der Waals surface area contributed by atoms with Crippen LogP contribution >= 0.6 is 0 Å². The fraction of sp³-hybridized carbons (Fsp3) is 1.00. The average molecular weight is 148 g/mol. The molecule has 0 aliphatic rings. The van der Waals surface area contributed by atoms with Crippen LogP contribution in [0.1, 0.15) is 6.42 Å². The fourth-order valence-electron chi connectivity index (χ4n) is 0.598. The number of nitrogens with two attached hydrogens (primary N) is 1. The maximum Gasteiger partial charge on any atom is 0.161 e. The Hall–Kier alpha value is 0.0969. The molecule has 3 nitrogen and oxygen atoms in total. The molecule has 0 bridgehead atoms. The highest BCUT2D eigenvalue weighted by atomic mass is 28.2. The molecule has 0 fully saturated rings.